The van der Waals surface area contributed by atoms with E-state index in [0.29, 0.717) is 22.6 Å². The summed E-state index contributed by atoms with van der Waals surface area (Å²) < 4.78 is 13.0. The molecule has 60 heavy (non-hydrogen) atoms. The van der Waals surface area contributed by atoms with E-state index in [-0.39, 0.29) is 0 Å². The van der Waals surface area contributed by atoms with Crippen LogP contribution in [0.4, 0.5) is 5.69 Å². The summed E-state index contributed by atoms with van der Waals surface area (Å²) in [6.45, 7) is 8.64. The maximum Gasteiger partial charge on any atom is 0.212 e. The van der Waals surface area contributed by atoms with Gasteiger partial charge in [0.15, 0.2) is 0 Å². The normalized spacial score (nSPS) is 12.0. The van der Waals surface area contributed by atoms with Crippen LogP contribution in [0.3, 0.4) is 0 Å². The van der Waals surface area contributed by atoms with Gasteiger partial charge in [0, 0.05) is 48.8 Å². The number of nitriles is 1. The van der Waals surface area contributed by atoms with E-state index < -0.39 is 0 Å². The average molecular weight is 764 g/mol. The monoisotopic (exact) mass is 763 g/mol. The van der Waals surface area contributed by atoms with Crippen LogP contribution in [0.25, 0.3) is 120 Å². The van der Waals surface area contributed by atoms with E-state index in [0.717, 1.165) is 93.0 Å². The summed E-state index contributed by atoms with van der Waals surface area (Å²) in [6, 6.07) is 63.4. The smallest absolute Gasteiger partial charge is 0.212 e. The van der Waals surface area contributed by atoms with Gasteiger partial charge in [0.1, 0.15) is 17.2 Å². The van der Waals surface area contributed by atoms with Crippen molar-refractivity contribution in [3.05, 3.63) is 193 Å². The van der Waals surface area contributed by atoms with Crippen molar-refractivity contribution in [3.63, 3.8) is 0 Å². The fourth-order valence-electron chi connectivity index (χ4n) is 10.0. The van der Waals surface area contributed by atoms with Crippen LogP contribution in [0.1, 0.15) is 5.56 Å². The molecule has 0 saturated heterocycles. The molecule has 4 heterocycles. The van der Waals surface area contributed by atoms with Gasteiger partial charge in [-0.15, -0.1) is 0 Å². The van der Waals surface area contributed by atoms with Gasteiger partial charge in [-0.1, -0.05) is 103 Å². The second-order valence-corrected chi connectivity index (χ2v) is 15.5. The quantitative estimate of drug-likeness (QED) is 0.168. The fourth-order valence-corrected chi connectivity index (χ4v) is 10.0. The van der Waals surface area contributed by atoms with Gasteiger partial charge in [0.25, 0.3) is 0 Å². The first-order chi connectivity index (χ1) is 29.7. The van der Waals surface area contributed by atoms with E-state index in [4.69, 9.17) is 11.0 Å². The zero-order valence-electron chi connectivity index (χ0n) is 31.9. The Morgan fingerprint density at radius 2 is 1.02 bits per heavy atom. The highest BCUT2D eigenvalue weighted by Crippen LogP contribution is 2.45. The first-order valence-corrected chi connectivity index (χ1v) is 19.9. The third-order valence-corrected chi connectivity index (χ3v) is 12.5. The van der Waals surface area contributed by atoms with Crippen molar-refractivity contribution < 1.29 is 4.42 Å². The van der Waals surface area contributed by atoms with Crippen LogP contribution in [0.5, 0.6) is 0 Å². The van der Waals surface area contributed by atoms with Crippen LogP contribution in [-0.2, 0) is 0 Å². The highest BCUT2D eigenvalue weighted by molar-refractivity contribution is 6.28. The molecule has 13 aromatic rings. The minimum atomic E-state index is 0.446. The Morgan fingerprint density at radius 3 is 1.77 bits per heavy atom. The molecule has 6 heteroatoms. The summed E-state index contributed by atoms with van der Waals surface area (Å²) in [5.74, 6) is 0. The second kappa shape index (κ2) is 12.0. The van der Waals surface area contributed by atoms with Crippen molar-refractivity contribution in [1.82, 2.24) is 13.7 Å². The summed E-state index contributed by atoms with van der Waals surface area (Å²) in [5.41, 5.74) is 11.0. The fraction of sp³-hybridized carbons (Fsp3) is 0. The van der Waals surface area contributed by atoms with Crippen molar-refractivity contribution in [1.29, 1.82) is 5.26 Å². The largest absolute Gasteiger partial charge is 0.456 e. The van der Waals surface area contributed by atoms with Crippen LogP contribution in [-0.4, -0.2) is 13.7 Å². The standard InChI is InChI=1S/C54H29N5O/c1-56-41-30-48(33(31-55)28-49(41)59-44-20-10-6-16-38(44)53-47(59)26-27-51-54(53)39-17-7-11-21-50(39)60-51)58-45-25-23-34(29-40(45)52-35-13-3-2-12-32(35)22-24-46(52)58)57-42-18-8-4-14-36(42)37-15-5-9-19-43(37)57/h2-30H. The highest BCUT2D eigenvalue weighted by Gasteiger charge is 2.24. The Kier molecular flexibility index (Phi) is 6.48. The number of fused-ring (bicyclic) bond motifs is 15. The summed E-state index contributed by atoms with van der Waals surface area (Å²) in [6.07, 6.45) is 0. The molecular formula is C54H29N5O. The lowest BCUT2D eigenvalue weighted by molar-refractivity contribution is 0.669. The van der Waals surface area contributed by atoms with Crippen LogP contribution >= 0.6 is 0 Å². The van der Waals surface area contributed by atoms with E-state index in [9.17, 15) is 5.26 Å². The first kappa shape index (κ1) is 32.5. The third-order valence-electron chi connectivity index (χ3n) is 12.5. The lowest BCUT2D eigenvalue weighted by atomic mass is 10.0. The number of rotatable bonds is 3. The van der Waals surface area contributed by atoms with Crippen LogP contribution < -0.4 is 0 Å². The summed E-state index contributed by atoms with van der Waals surface area (Å²) in [5, 5.41) is 22.1. The molecule has 0 fully saturated rings. The molecule has 276 valence electrons. The van der Waals surface area contributed by atoms with Crippen molar-refractivity contribution >= 4 is 104 Å². The van der Waals surface area contributed by atoms with E-state index in [1.165, 1.54) is 10.8 Å². The van der Waals surface area contributed by atoms with Crippen LogP contribution in [0.2, 0.25) is 0 Å². The molecular weight excluding hydrogens is 735 g/mol. The number of benzene rings is 9. The van der Waals surface area contributed by atoms with E-state index in [2.05, 4.69) is 152 Å². The lowest BCUT2D eigenvalue weighted by Crippen LogP contribution is -2.02. The molecule has 0 radical (unpaired) electrons. The molecule has 4 aromatic heterocycles. The SMILES string of the molecule is [C-]#[N+]c1cc(-n2c3ccc(-n4c5ccccc5c5ccccc54)cc3c3c4ccccc4ccc32)c(C#N)cc1-n1c2ccccc2c2c3c(ccc21)oc1ccccc13. The van der Waals surface area contributed by atoms with Gasteiger partial charge in [-0.25, -0.2) is 4.85 Å². The van der Waals surface area contributed by atoms with Crippen molar-refractivity contribution in [2.24, 2.45) is 0 Å². The number of nitrogens with zero attached hydrogens (tertiary/aromatic N) is 5. The topological polar surface area (TPSA) is 56.1 Å². The number of hydrogen-bond donors (Lipinski definition) is 0. The number of para-hydroxylation sites is 4. The molecule has 0 aliphatic heterocycles. The molecule has 0 spiro atoms. The molecule has 9 aromatic carbocycles. The zero-order valence-corrected chi connectivity index (χ0v) is 31.9. The maximum absolute atomic E-state index is 11.1. The Balaban J connectivity index is 1.10. The Bertz CT molecular complexity index is 4050. The summed E-state index contributed by atoms with van der Waals surface area (Å²) >= 11 is 0. The zero-order chi connectivity index (χ0) is 39.6. The van der Waals surface area contributed by atoms with Crippen molar-refractivity contribution in [3.8, 4) is 23.1 Å². The Labute approximate surface area is 342 Å². The first-order valence-electron chi connectivity index (χ1n) is 19.9. The predicted molar refractivity (Wildman–Crippen MR) is 245 cm³/mol. The molecule has 13 rings (SSSR count). The number of furan rings is 1. The van der Waals surface area contributed by atoms with E-state index in [1.54, 1.807) is 0 Å². The highest BCUT2D eigenvalue weighted by atomic mass is 16.3. The molecule has 0 aliphatic rings. The van der Waals surface area contributed by atoms with Crippen molar-refractivity contribution in [2.75, 3.05) is 0 Å². The number of aromatic nitrogens is 3. The molecule has 0 unspecified atom stereocenters. The molecule has 0 aliphatic carbocycles. The molecule has 0 N–H and O–H groups in total. The van der Waals surface area contributed by atoms with Gasteiger partial charge in [-0.3, -0.25) is 0 Å². The molecule has 0 amide bonds. The summed E-state index contributed by atoms with van der Waals surface area (Å²) in [7, 11) is 0. The van der Waals surface area contributed by atoms with Gasteiger partial charge in [0.05, 0.1) is 56.6 Å². The predicted octanol–water partition coefficient (Wildman–Crippen LogP) is 14.5. The third kappa shape index (κ3) is 4.23. The Hall–Kier alpha value is -8.58. The van der Waals surface area contributed by atoms with Gasteiger partial charge < -0.3 is 18.1 Å². The average Bonchev–Trinajstić information content (AvgIpc) is 4.04. The van der Waals surface area contributed by atoms with Crippen molar-refractivity contribution in [2.45, 2.75) is 0 Å². The molecule has 0 saturated carbocycles. The van der Waals surface area contributed by atoms with Gasteiger partial charge in [-0.2, -0.15) is 5.26 Å². The Morgan fingerprint density at radius 1 is 0.433 bits per heavy atom. The van der Waals surface area contributed by atoms with E-state index >= 15 is 0 Å². The van der Waals surface area contributed by atoms with Crippen LogP contribution in [0.15, 0.2) is 180 Å². The van der Waals surface area contributed by atoms with Gasteiger partial charge in [-0.05, 0) is 83.6 Å². The maximum atomic E-state index is 11.1. The van der Waals surface area contributed by atoms with Gasteiger partial charge >= 0.3 is 0 Å². The van der Waals surface area contributed by atoms with Crippen LogP contribution in [0, 0.1) is 17.9 Å². The number of hydrogen-bond acceptors (Lipinski definition) is 2. The molecule has 0 bridgehead atoms. The van der Waals surface area contributed by atoms with Gasteiger partial charge in [0.2, 0.25) is 5.69 Å². The molecule has 0 atom stereocenters. The molecule has 6 nitrogen and oxygen atoms in total. The minimum Gasteiger partial charge on any atom is -0.456 e. The summed E-state index contributed by atoms with van der Waals surface area (Å²) in [4.78, 5) is 4.19. The second-order valence-electron chi connectivity index (χ2n) is 15.5. The van der Waals surface area contributed by atoms with E-state index in [1.807, 2.05) is 48.5 Å². The lowest BCUT2D eigenvalue weighted by Gasteiger charge is -2.16. The minimum absolute atomic E-state index is 0.446.